The van der Waals surface area contributed by atoms with E-state index in [1.807, 2.05) is 0 Å². The smallest absolute Gasteiger partial charge is 0.136 e. The highest BCUT2D eigenvalue weighted by atomic mass is 16.3. The van der Waals surface area contributed by atoms with Gasteiger partial charge < -0.3 is 13.9 Å². The van der Waals surface area contributed by atoms with E-state index >= 15 is 0 Å². The standard InChI is InChI=1S/C58H38N2O/c1-2-14-39(15-3-1)40-26-32-44(33-27-40)59(52-22-10-7-18-47(52)43-31-36-56-51(38-43)58-48-19-5-4-16-41(48)30-37-57(58)61-56)45-34-28-42(29-35-45)46-17-6-11-23-53(46)60-54-24-12-8-20-49(54)50-21-9-13-25-55(50)60/h1-38H. The Morgan fingerprint density at radius 2 is 0.885 bits per heavy atom. The van der Waals surface area contributed by atoms with E-state index in [0.717, 1.165) is 61.4 Å². The van der Waals surface area contributed by atoms with Crippen molar-refractivity contribution in [3.63, 3.8) is 0 Å². The molecular weight excluding hydrogens is 741 g/mol. The molecule has 0 spiro atoms. The molecule has 0 amide bonds. The van der Waals surface area contributed by atoms with E-state index in [0.29, 0.717) is 0 Å². The second kappa shape index (κ2) is 14.3. The quantitative estimate of drug-likeness (QED) is 0.161. The Bertz CT molecular complexity index is 3520. The van der Waals surface area contributed by atoms with Crippen molar-refractivity contribution >= 4 is 71.6 Å². The number of hydrogen-bond acceptors (Lipinski definition) is 2. The Labute approximate surface area is 353 Å². The molecule has 0 saturated carbocycles. The highest BCUT2D eigenvalue weighted by Gasteiger charge is 2.20. The lowest BCUT2D eigenvalue weighted by Gasteiger charge is -2.28. The number of fused-ring (bicyclic) bond motifs is 8. The molecule has 286 valence electrons. The van der Waals surface area contributed by atoms with Crippen molar-refractivity contribution in [3.05, 3.63) is 231 Å². The lowest BCUT2D eigenvalue weighted by molar-refractivity contribution is 0.669. The van der Waals surface area contributed by atoms with Gasteiger partial charge in [-0.1, -0.05) is 164 Å². The maximum absolute atomic E-state index is 6.43. The summed E-state index contributed by atoms with van der Waals surface area (Å²) in [5, 5.41) is 7.18. The van der Waals surface area contributed by atoms with Gasteiger partial charge in [0.25, 0.3) is 0 Å². The van der Waals surface area contributed by atoms with Crippen LogP contribution < -0.4 is 4.90 Å². The molecule has 3 nitrogen and oxygen atoms in total. The highest BCUT2D eigenvalue weighted by molar-refractivity contribution is 6.19. The van der Waals surface area contributed by atoms with Crippen molar-refractivity contribution in [3.8, 4) is 39.1 Å². The van der Waals surface area contributed by atoms with E-state index in [1.54, 1.807) is 0 Å². The molecule has 12 rings (SSSR count). The van der Waals surface area contributed by atoms with Gasteiger partial charge in [0.1, 0.15) is 11.2 Å². The van der Waals surface area contributed by atoms with Crippen molar-refractivity contribution in [2.75, 3.05) is 4.90 Å². The first kappa shape index (κ1) is 34.9. The van der Waals surface area contributed by atoms with E-state index in [-0.39, 0.29) is 0 Å². The fourth-order valence-electron chi connectivity index (χ4n) is 9.37. The predicted molar refractivity (Wildman–Crippen MR) is 257 cm³/mol. The largest absolute Gasteiger partial charge is 0.456 e. The van der Waals surface area contributed by atoms with Gasteiger partial charge in [0.2, 0.25) is 0 Å². The third-order valence-electron chi connectivity index (χ3n) is 12.2. The number of furan rings is 1. The summed E-state index contributed by atoms with van der Waals surface area (Å²) in [5.74, 6) is 0. The van der Waals surface area contributed by atoms with Gasteiger partial charge in [0.05, 0.1) is 22.4 Å². The molecule has 3 heteroatoms. The van der Waals surface area contributed by atoms with Gasteiger partial charge in [0, 0.05) is 44.0 Å². The zero-order chi connectivity index (χ0) is 40.3. The summed E-state index contributed by atoms with van der Waals surface area (Å²) in [6, 6.07) is 82.9. The second-order valence-corrected chi connectivity index (χ2v) is 15.7. The van der Waals surface area contributed by atoms with Gasteiger partial charge in [-0.2, -0.15) is 0 Å². The lowest BCUT2D eigenvalue weighted by Crippen LogP contribution is -2.11. The predicted octanol–water partition coefficient (Wildman–Crippen LogP) is 16.3. The zero-order valence-corrected chi connectivity index (χ0v) is 33.2. The average Bonchev–Trinajstić information content (AvgIpc) is 3.88. The first-order valence-corrected chi connectivity index (χ1v) is 20.8. The topological polar surface area (TPSA) is 21.3 Å². The van der Waals surface area contributed by atoms with Gasteiger partial charge in [-0.05, 0) is 99.8 Å². The van der Waals surface area contributed by atoms with Crippen LogP contribution in [0.1, 0.15) is 0 Å². The van der Waals surface area contributed by atoms with Gasteiger partial charge in [-0.15, -0.1) is 0 Å². The van der Waals surface area contributed by atoms with Crippen LogP contribution in [-0.2, 0) is 0 Å². The highest BCUT2D eigenvalue weighted by Crippen LogP contribution is 2.44. The summed E-state index contributed by atoms with van der Waals surface area (Å²) in [6.07, 6.45) is 0. The van der Waals surface area contributed by atoms with Crippen LogP contribution in [0.4, 0.5) is 17.1 Å². The monoisotopic (exact) mass is 778 g/mol. The first-order chi connectivity index (χ1) is 30.3. The number of para-hydroxylation sites is 4. The molecule has 2 heterocycles. The van der Waals surface area contributed by atoms with Crippen LogP contribution in [0, 0.1) is 0 Å². The van der Waals surface area contributed by atoms with Crippen LogP contribution in [0.25, 0.3) is 93.6 Å². The Morgan fingerprint density at radius 1 is 0.344 bits per heavy atom. The SMILES string of the molecule is c1ccc(-c2ccc(N(c3ccc(-c4ccccc4-n4c5ccccc5c5ccccc54)cc3)c3ccccc3-c3ccc4oc5ccc6ccccc6c5c4c3)cc2)cc1. The molecule has 10 aromatic carbocycles. The molecule has 0 aliphatic rings. The summed E-state index contributed by atoms with van der Waals surface area (Å²) < 4.78 is 8.84. The van der Waals surface area contributed by atoms with Crippen LogP contribution in [0.5, 0.6) is 0 Å². The maximum Gasteiger partial charge on any atom is 0.136 e. The number of nitrogens with zero attached hydrogens (tertiary/aromatic N) is 2. The number of benzene rings is 10. The normalized spacial score (nSPS) is 11.6. The summed E-state index contributed by atoms with van der Waals surface area (Å²) >= 11 is 0. The number of hydrogen-bond donors (Lipinski definition) is 0. The van der Waals surface area contributed by atoms with Crippen LogP contribution in [0.2, 0.25) is 0 Å². The van der Waals surface area contributed by atoms with Crippen molar-refractivity contribution < 1.29 is 4.42 Å². The molecule has 0 unspecified atom stereocenters. The van der Waals surface area contributed by atoms with Gasteiger partial charge >= 0.3 is 0 Å². The van der Waals surface area contributed by atoms with Crippen molar-refractivity contribution in [1.29, 1.82) is 0 Å². The van der Waals surface area contributed by atoms with Gasteiger partial charge in [-0.25, -0.2) is 0 Å². The Hall–Kier alpha value is -8.14. The fourth-order valence-corrected chi connectivity index (χ4v) is 9.37. The number of anilines is 3. The summed E-state index contributed by atoms with van der Waals surface area (Å²) in [4.78, 5) is 2.39. The van der Waals surface area contributed by atoms with E-state index in [9.17, 15) is 0 Å². The minimum absolute atomic E-state index is 0.887. The molecule has 0 fully saturated rings. The van der Waals surface area contributed by atoms with Crippen LogP contribution in [-0.4, -0.2) is 4.57 Å². The molecule has 0 saturated heterocycles. The van der Waals surface area contributed by atoms with Gasteiger partial charge in [-0.3, -0.25) is 0 Å². The summed E-state index contributed by atoms with van der Waals surface area (Å²) in [6.45, 7) is 0. The van der Waals surface area contributed by atoms with Crippen LogP contribution in [0.3, 0.4) is 0 Å². The van der Waals surface area contributed by atoms with Crippen LogP contribution >= 0.6 is 0 Å². The summed E-state index contributed by atoms with van der Waals surface area (Å²) in [7, 11) is 0. The Balaban J connectivity index is 1.01. The molecule has 0 aliphatic heterocycles. The zero-order valence-electron chi connectivity index (χ0n) is 33.2. The molecule has 0 radical (unpaired) electrons. The van der Waals surface area contributed by atoms with Crippen molar-refractivity contribution in [2.45, 2.75) is 0 Å². The average molecular weight is 779 g/mol. The molecule has 0 bridgehead atoms. The molecule has 2 aromatic heterocycles. The minimum atomic E-state index is 0.887. The fraction of sp³-hybridized carbons (Fsp3) is 0. The van der Waals surface area contributed by atoms with Gasteiger partial charge in [0.15, 0.2) is 0 Å². The number of aromatic nitrogens is 1. The van der Waals surface area contributed by atoms with Crippen molar-refractivity contribution in [1.82, 2.24) is 4.57 Å². The number of rotatable bonds is 7. The first-order valence-electron chi connectivity index (χ1n) is 20.8. The van der Waals surface area contributed by atoms with E-state index in [1.165, 1.54) is 49.3 Å². The molecular formula is C58H38N2O. The molecule has 61 heavy (non-hydrogen) atoms. The Kier molecular flexibility index (Phi) is 8.17. The molecule has 0 N–H and O–H groups in total. The molecule has 0 atom stereocenters. The Morgan fingerprint density at radius 3 is 1.62 bits per heavy atom. The van der Waals surface area contributed by atoms with E-state index in [2.05, 4.69) is 240 Å². The molecule has 12 aromatic rings. The third kappa shape index (κ3) is 5.82. The molecule has 0 aliphatic carbocycles. The maximum atomic E-state index is 6.43. The third-order valence-corrected chi connectivity index (χ3v) is 12.2. The van der Waals surface area contributed by atoms with Crippen molar-refractivity contribution in [2.24, 2.45) is 0 Å². The summed E-state index contributed by atoms with van der Waals surface area (Å²) in [5.41, 5.74) is 15.5. The lowest BCUT2D eigenvalue weighted by atomic mass is 9.97. The second-order valence-electron chi connectivity index (χ2n) is 15.7. The van der Waals surface area contributed by atoms with Crippen LogP contribution in [0.15, 0.2) is 235 Å². The van der Waals surface area contributed by atoms with E-state index < -0.39 is 0 Å². The minimum Gasteiger partial charge on any atom is -0.456 e. The van der Waals surface area contributed by atoms with E-state index in [4.69, 9.17) is 4.42 Å².